The predicted octanol–water partition coefficient (Wildman–Crippen LogP) is 2.40. The molecular formula is C16H18N2O3. The molecule has 0 aliphatic heterocycles. The van der Waals surface area contributed by atoms with Gasteiger partial charge in [-0.25, -0.2) is 0 Å². The molecule has 1 aromatic heterocycles. The van der Waals surface area contributed by atoms with Gasteiger partial charge in [-0.05, 0) is 36.8 Å². The van der Waals surface area contributed by atoms with Gasteiger partial charge < -0.3 is 9.84 Å². The Morgan fingerprint density at radius 3 is 2.62 bits per heavy atom. The zero-order valence-corrected chi connectivity index (χ0v) is 11.8. The third-order valence-corrected chi connectivity index (χ3v) is 2.98. The Labute approximate surface area is 123 Å². The van der Waals surface area contributed by atoms with Crippen LogP contribution in [0, 0.1) is 0 Å². The first-order valence-electron chi connectivity index (χ1n) is 6.79. The Morgan fingerprint density at radius 1 is 1.29 bits per heavy atom. The molecule has 21 heavy (non-hydrogen) atoms. The molecule has 0 saturated carbocycles. The summed E-state index contributed by atoms with van der Waals surface area (Å²) in [7, 11) is 0. The monoisotopic (exact) mass is 286 g/mol. The van der Waals surface area contributed by atoms with Crippen LogP contribution in [0.1, 0.15) is 24.2 Å². The Bertz CT molecular complexity index is 570. The summed E-state index contributed by atoms with van der Waals surface area (Å²) in [6, 6.07) is 11.8. The van der Waals surface area contributed by atoms with Crippen LogP contribution in [0.15, 0.2) is 48.7 Å². The summed E-state index contributed by atoms with van der Waals surface area (Å²) < 4.78 is 5.35. The van der Waals surface area contributed by atoms with Gasteiger partial charge in [0, 0.05) is 12.7 Å². The smallest absolute Gasteiger partial charge is 0.325 e. The number of rotatable bonds is 7. The highest BCUT2D eigenvalue weighted by molar-refractivity contribution is 5.75. The molecule has 0 bridgehead atoms. The molecular weight excluding hydrogens is 268 g/mol. The van der Waals surface area contributed by atoms with Crippen LogP contribution in [0.25, 0.3) is 0 Å². The highest BCUT2D eigenvalue weighted by Gasteiger charge is 2.19. The molecule has 0 spiro atoms. The highest BCUT2D eigenvalue weighted by Crippen LogP contribution is 2.18. The van der Waals surface area contributed by atoms with Gasteiger partial charge in [-0.3, -0.25) is 15.1 Å². The number of carboxylic acids is 1. The van der Waals surface area contributed by atoms with Crippen LogP contribution in [0.2, 0.25) is 0 Å². The number of hydrogen-bond donors (Lipinski definition) is 2. The van der Waals surface area contributed by atoms with E-state index in [0.717, 1.165) is 11.4 Å². The molecule has 2 N–H and O–H groups in total. The van der Waals surface area contributed by atoms with Crippen molar-refractivity contribution in [1.29, 1.82) is 0 Å². The maximum absolute atomic E-state index is 11.4. The zero-order chi connectivity index (χ0) is 15.1. The molecule has 5 nitrogen and oxygen atoms in total. The summed E-state index contributed by atoms with van der Waals surface area (Å²) >= 11 is 0. The summed E-state index contributed by atoms with van der Waals surface area (Å²) in [5.41, 5.74) is 1.48. The maximum Gasteiger partial charge on any atom is 0.325 e. The van der Waals surface area contributed by atoms with Crippen molar-refractivity contribution >= 4 is 5.97 Å². The summed E-state index contributed by atoms with van der Waals surface area (Å²) in [5, 5.41) is 12.4. The first kappa shape index (κ1) is 15.0. The normalized spacial score (nSPS) is 11.9. The number of nitrogens with zero attached hydrogens (tertiary/aromatic N) is 1. The SMILES string of the molecule is CCOc1ccc(C(NCc2ccccn2)C(=O)O)cc1. The Morgan fingerprint density at radius 2 is 2.05 bits per heavy atom. The van der Waals surface area contributed by atoms with Crippen LogP contribution >= 0.6 is 0 Å². The fourth-order valence-electron chi connectivity index (χ4n) is 1.98. The summed E-state index contributed by atoms with van der Waals surface area (Å²) in [6.45, 7) is 2.88. The molecule has 2 rings (SSSR count). The predicted molar refractivity (Wildman–Crippen MR) is 79.1 cm³/mol. The standard InChI is InChI=1S/C16H18N2O3/c1-2-21-14-8-6-12(7-9-14)15(16(19)20)18-11-13-5-3-4-10-17-13/h3-10,15,18H,2,11H2,1H3,(H,19,20). The van der Waals surface area contributed by atoms with Crippen LogP contribution in [0.5, 0.6) is 5.75 Å². The second-order valence-electron chi connectivity index (χ2n) is 4.48. The van der Waals surface area contributed by atoms with E-state index in [9.17, 15) is 9.90 Å². The third kappa shape index (κ3) is 4.29. The van der Waals surface area contributed by atoms with Crippen molar-refractivity contribution in [3.05, 3.63) is 59.9 Å². The molecule has 1 heterocycles. The van der Waals surface area contributed by atoms with Gasteiger partial charge >= 0.3 is 5.97 Å². The second-order valence-corrected chi connectivity index (χ2v) is 4.48. The van der Waals surface area contributed by atoms with E-state index in [0.29, 0.717) is 18.7 Å². The van der Waals surface area contributed by atoms with Gasteiger partial charge in [-0.15, -0.1) is 0 Å². The van der Waals surface area contributed by atoms with Crippen molar-refractivity contribution < 1.29 is 14.6 Å². The number of benzene rings is 1. The van der Waals surface area contributed by atoms with Gasteiger partial charge in [0.15, 0.2) is 0 Å². The number of pyridine rings is 1. The summed E-state index contributed by atoms with van der Waals surface area (Å²) in [4.78, 5) is 15.6. The van der Waals surface area contributed by atoms with E-state index in [1.54, 1.807) is 30.5 Å². The molecule has 5 heteroatoms. The Balaban J connectivity index is 2.06. The van der Waals surface area contributed by atoms with Crippen molar-refractivity contribution in [2.45, 2.75) is 19.5 Å². The molecule has 0 radical (unpaired) electrons. The van der Waals surface area contributed by atoms with Gasteiger partial charge in [0.1, 0.15) is 11.8 Å². The fourth-order valence-corrected chi connectivity index (χ4v) is 1.98. The van der Waals surface area contributed by atoms with E-state index in [1.165, 1.54) is 0 Å². The Hall–Kier alpha value is -2.40. The first-order chi connectivity index (χ1) is 10.2. The fraction of sp³-hybridized carbons (Fsp3) is 0.250. The van der Waals surface area contributed by atoms with Crippen LogP contribution in [-0.4, -0.2) is 22.7 Å². The Kier molecular flexibility index (Phi) is 5.29. The lowest BCUT2D eigenvalue weighted by molar-refractivity contribution is -0.139. The molecule has 1 unspecified atom stereocenters. The molecule has 0 saturated heterocycles. The molecule has 0 aliphatic rings. The van der Waals surface area contributed by atoms with Crippen LogP contribution < -0.4 is 10.1 Å². The number of ether oxygens (including phenoxy) is 1. The van der Waals surface area contributed by atoms with Gasteiger partial charge in [0.05, 0.1) is 12.3 Å². The van der Waals surface area contributed by atoms with Gasteiger partial charge in [-0.1, -0.05) is 18.2 Å². The van der Waals surface area contributed by atoms with Crippen LogP contribution in [0.3, 0.4) is 0 Å². The third-order valence-electron chi connectivity index (χ3n) is 2.98. The lowest BCUT2D eigenvalue weighted by Crippen LogP contribution is -2.28. The van der Waals surface area contributed by atoms with Crippen molar-refractivity contribution in [2.75, 3.05) is 6.61 Å². The number of nitrogens with one attached hydrogen (secondary N) is 1. The average molecular weight is 286 g/mol. The van der Waals surface area contributed by atoms with Gasteiger partial charge in [-0.2, -0.15) is 0 Å². The van der Waals surface area contributed by atoms with Crippen LogP contribution in [0.4, 0.5) is 0 Å². The average Bonchev–Trinajstić information content (AvgIpc) is 2.50. The number of aliphatic carboxylic acids is 1. The van der Waals surface area contributed by atoms with Crippen LogP contribution in [-0.2, 0) is 11.3 Å². The van der Waals surface area contributed by atoms with Crippen molar-refractivity contribution in [3.8, 4) is 5.75 Å². The van der Waals surface area contributed by atoms with Gasteiger partial charge in [0.2, 0.25) is 0 Å². The molecule has 2 aromatic rings. The number of carbonyl (C=O) groups is 1. The van der Waals surface area contributed by atoms with E-state index in [2.05, 4.69) is 10.3 Å². The second kappa shape index (κ2) is 7.40. The minimum absolute atomic E-state index is 0.394. The number of hydrogen-bond acceptors (Lipinski definition) is 4. The molecule has 0 fully saturated rings. The minimum Gasteiger partial charge on any atom is -0.494 e. The van der Waals surface area contributed by atoms with E-state index in [4.69, 9.17) is 4.74 Å². The van der Waals surface area contributed by atoms with E-state index < -0.39 is 12.0 Å². The van der Waals surface area contributed by atoms with Crippen molar-refractivity contribution in [1.82, 2.24) is 10.3 Å². The lowest BCUT2D eigenvalue weighted by atomic mass is 10.1. The minimum atomic E-state index is -0.921. The number of carboxylic acid groups (broad SMARTS) is 1. The summed E-state index contributed by atoms with van der Waals surface area (Å²) in [5.74, 6) is -0.190. The zero-order valence-electron chi connectivity index (χ0n) is 11.8. The molecule has 0 amide bonds. The lowest BCUT2D eigenvalue weighted by Gasteiger charge is -2.15. The van der Waals surface area contributed by atoms with E-state index >= 15 is 0 Å². The largest absolute Gasteiger partial charge is 0.494 e. The maximum atomic E-state index is 11.4. The topological polar surface area (TPSA) is 71.5 Å². The first-order valence-corrected chi connectivity index (χ1v) is 6.79. The molecule has 0 aliphatic carbocycles. The van der Waals surface area contributed by atoms with E-state index in [-0.39, 0.29) is 0 Å². The molecule has 110 valence electrons. The molecule has 1 atom stereocenters. The quantitative estimate of drug-likeness (QED) is 0.817. The molecule has 1 aromatic carbocycles. The van der Waals surface area contributed by atoms with Gasteiger partial charge in [0.25, 0.3) is 0 Å². The van der Waals surface area contributed by atoms with Crippen molar-refractivity contribution in [3.63, 3.8) is 0 Å². The number of aromatic nitrogens is 1. The highest BCUT2D eigenvalue weighted by atomic mass is 16.5. The summed E-state index contributed by atoms with van der Waals surface area (Å²) in [6.07, 6.45) is 1.68. The van der Waals surface area contributed by atoms with Crippen molar-refractivity contribution in [2.24, 2.45) is 0 Å². The van der Waals surface area contributed by atoms with E-state index in [1.807, 2.05) is 25.1 Å².